The van der Waals surface area contributed by atoms with Crippen molar-refractivity contribution in [1.82, 2.24) is 19.8 Å². The fourth-order valence-electron chi connectivity index (χ4n) is 3.54. The molecule has 0 aliphatic rings. The number of carbonyl (C=O) groups excluding carboxylic acids is 1. The smallest absolute Gasteiger partial charge is 0.247 e. The van der Waals surface area contributed by atoms with Crippen LogP contribution in [0.3, 0.4) is 0 Å². The summed E-state index contributed by atoms with van der Waals surface area (Å²) in [5.41, 5.74) is 2.40. The highest BCUT2D eigenvalue weighted by molar-refractivity contribution is 6.31. The lowest BCUT2D eigenvalue weighted by Crippen LogP contribution is -2.42. The third-order valence-electron chi connectivity index (χ3n) is 5.90. The number of anilines is 3. The molecule has 0 aliphatic heterocycles. The van der Waals surface area contributed by atoms with Crippen LogP contribution in [0.25, 0.3) is 10.9 Å². The Balaban J connectivity index is 2.10. The first kappa shape index (κ1) is 25.6. The van der Waals surface area contributed by atoms with Crippen LogP contribution in [0.1, 0.15) is 19.4 Å². The Morgan fingerprint density at radius 1 is 1.18 bits per heavy atom. The molecule has 0 saturated heterocycles. The number of fused-ring (bicyclic) bond motifs is 1. The van der Waals surface area contributed by atoms with Crippen LogP contribution in [0.5, 0.6) is 0 Å². The molecule has 1 aromatic heterocycles. The zero-order chi connectivity index (χ0) is 25.0. The molecule has 180 valence electrons. The van der Waals surface area contributed by atoms with Crippen LogP contribution in [0, 0.1) is 5.82 Å². The molecule has 7 nitrogen and oxygen atoms in total. The predicted molar refractivity (Wildman–Crippen MR) is 137 cm³/mol. The van der Waals surface area contributed by atoms with E-state index in [-0.39, 0.29) is 10.9 Å². The molecule has 0 aliphatic carbocycles. The summed E-state index contributed by atoms with van der Waals surface area (Å²) in [5, 5.41) is 6.81. The molecule has 2 aromatic carbocycles. The lowest BCUT2D eigenvalue weighted by molar-refractivity contribution is -0.111. The third kappa shape index (κ3) is 5.70. The van der Waals surface area contributed by atoms with Crippen LogP contribution in [-0.4, -0.2) is 59.9 Å². The molecule has 34 heavy (non-hydrogen) atoms. The second-order valence-electron chi connectivity index (χ2n) is 8.87. The van der Waals surface area contributed by atoms with E-state index >= 15 is 0 Å². The number of amides is 1. The second-order valence-corrected chi connectivity index (χ2v) is 9.28. The van der Waals surface area contributed by atoms with E-state index in [1.165, 1.54) is 24.5 Å². The summed E-state index contributed by atoms with van der Waals surface area (Å²) >= 11 is 5.93. The zero-order valence-electron chi connectivity index (χ0n) is 20.1. The molecule has 1 heterocycles. The maximum Gasteiger partial charge on any atom is 0.247 e. The number of halogens is 2. The van der Waals surface area contributed by atoms with Gasteiger partial charge >= 0.3 is 0 Å². The van der Waals surface area contributed by atoms with Crippen molar-refractivity contribution in [3.63, 3.8) is 0 Å². The maximum absolute atomic E-state index is 13.6. The van der Waals surface area contributed by atoms with Gasteiger partial charge in [0.2, 0.25) is 5.91 Å². The molecule has 2 N–H and O–H groups in total. The SMILES string of the molecule is C=CC(=O)Nc1cc2c(Nc3ccc(F)c(Cl)c3)ncnc2cc1C(C)(C)N(C)CCN(C)C. The van der Waals surface area contributed by atoms with Gasteiger partial charge in [-0.3, -0.25) is 9.69 Å². The highest BCUT2D eigenvalue weighted by atomic mass is 35.5. The van der Waals surface area contributed by atoms with Gasteiger partial charge in [0.15, 0.2) is 0 Å². The molecule has 3 rings (SSSR count). The van der Waals surface area contributed by atoms with E-state index in [1.807, 2.05) is 26.2 Å². The number of benzene rings is 2. The lowest BCUT2D eigenvalue weighted by atomic mass is 9.89. The normalized spacial score (nSPS) is 11.8. The van der Waals surface area contributed by atoms with Crippen molar-refractivity contribution in [2.45, 2.75) is 19.4 Å². The van der Waals surface area contributed by atoms with E-state index in [9.17, 15) is 9.18 Å². The van der Waals surface area contributed by atoms with Crippen molar-refractivity contribution >= 4 is 45.6 Å². The minimum atomic E-state index is -0.501. The zero-order valence-corrected chi connectivity index (χ0v) is 20.9. The minimum Gasteiger partial charge on any atom is -0.340 e. The standard InChI is InChI=1S/C25H30ClFN6O/c1-7-23(34)31-22-13-17-21(14-18(22)25(2,3)33(6)11-10-32(4)5)28-15-29-24(17)30-16-8-9-20(27)19(26)12-16/h7-9,12-15H,1,10-11H2,2-6H3,(H,31,34)(H,28,29,30). The highest BCUT2D eigenvalue weighted by Gasteiger charge is 2.30. The summed E-state index contributed by atoms with van der Waals surface area (Å²) < 4.78 is 13.6. The fourth-order valence-corrected chi connectivity index (χ4v) is 3.72. The van der Waals surface area contributed by atoms with Crippen molar-refractivity contribution in [3.05, 3.63) is 65.7 Å². The number of hydrogen-bond donors (Lipinski definition) is 2. The van der Waals surface area contributed by atoms with Gasteiger partial charge in [-0.25, -0.2) is 14.4 Å². The van der Waals surface area contributed by atoms with Gasteiger partial charge in [0.25, 0.3) is 0 Å². The topological polar surface area (TPSA) is 73.4 Å². The molecule has 0 unspecified atom stereocenters. The Bertz CT molecular complexity index is 1210. The summed E-state index contributed by atoms with van der Waals surface area (Å²) in [6.07, 6.45) is 2.70. The van der Waals surface area contributed by atoms with Gasteiger partial charge < -0.3 is 15.5 Å². The van der Waals surface area contributed by atoms with Gasteiger partial charge in [-0.05, 0) is 77.0 Å². The number of rotatable bonds is 9. The average Bonchev–Trinajstić information content (AvgIpc) is 2.79. The van der Waals surface area contributed by atoms with Gasteiger partial charge in [-0.1, -0.05) is 18.2 Å². The van der Waals surface area contributed by atoms with Crippen LogP contribution in [0.4, 0.5) is 21.6 Å². The van der Waals surface area contributed by atoms with E-state index in [2.05, 4.69) is 57.9 Å². The van der Waals surface area contributed by atoms with Crippen LogP contribution >= 0.6 is 11.6 Å². The van der Waals surface area contributed by atoms with Gasteiger partial charge in [0, 0.05) is 35.4 Å². The van der Waals surface area contributed by atoms with Crippen molar-refractivity contribution in [1.29, 1.82) is 0 Å². The summed E-state index contributed by atoms with van der Waals surface area (Å²) in [5.74, 6) is -0.310. The minimum absolute atomic E-state index is 0.00657. The van der Waals surface area contributed by atoms with Crippen LogP contribution in [-0.2, 0) is 10.3 Å². The van der Waals surface area contributed by atoms with E-state index in [1.54, 1.807) is 6.07 Å². The monoisotopic (exact) mass is 484 g/mol. The largest absolute Gasteiger partial charge is 0.340 e. The van der Waals surface area contributed by atoms with Crippen molar-refractivity contribution in [3.8, 4) is 0 Å². The summed E-state index contributed by atoms with van der Waals surface area (Å²) in [7, 11) is 6.12. The van der Waals surface area contributed by atoms with Gasteiger partial charge in [0.1, 0.15) is 18.0 Å². The molecular formula is C25H30ClFN6O. The molecule has 1 amide bonds. The van der Waals surface area contributed by atoms with E-state index in [0.29, 0.717) is 28.1 Å². The maximum atomic E-state index is 13.6. The quantitative estimate of drug-likeness (QED) is 0.415. The molecule has 0 fully saturated rings. The van der Waals surface area contributed by atoms with Crippen molar-refractivity contribution in [2.24, 2.45) is 0 Å². The van der Waals surface area contributed by atoms with Crippen LogP contribution in [0.15, 0.2) is 49.3 Å². The molecule has 9 heteroatoms. The molecule has 0 spiro atoms. The number of carbonyl (C=O) groups is 1. The highest BCUT2D eigenvalue weighted by Crippen LogP contribution is 2.37. The first-order chi connectivity index (χ1) is 16.0. The molecule has 0 atom stereocenters. The Hall–Kier alpha value is -3.07. The van der Waals surface area contributed by atoms with E-state index < -0.39 is 11.4 Å². The number of nitrogens with zero attached hydrogens (tertiary/aromatic N) is 4. The number of aromatic nitrogens is 2. The van der Waals surface area contributed by atoms with E-state index in [4.69, 9.17) is 11.6 Å². The summed E-state index contributed by atoms with van der Waals surface area (Å²) in [6.45, 7) is 9.50. The van der Waals surface area contributed by atoms with Crippen LogP contribution in [0.2, 0.25) is 5.02 Å². The molecule has 0 radical (unpaired) electrons. The lowest BCUT2D eigenvalue weighted by Gasteiger charge is -2.38. The summed E-state index contributed by atoms with van der Waals surface area (Å²) in [4.78, 5) is 25.5. The Kier molecular flexibility index (Phi) is 7.86. The first-order valence-electron chi connectivity index (χ1n) is 10.8. The molecular weight excluding hydrogens is 455 g/mol. The number of hydrogen-bond acceptors (Lipinski definition) is 6. The van der Waals surface area contributed by atoms with Crippen molar-refractivity contribution < 1.29 is 9.18 Å². The number of likely N-dealkylation sites (N-methyl/N-ethyl adjacent to an activating group) is 2. The predicted octanol–water partition coefficient (Wildman–Crippen LogP) is 5.02. The fraction of sp³-hybridized carbons (Fsp3) is 0.320. The van der Waals surface area contributed by atoms with Gasteiger partial charge in [-0.15, -0.1) is 0 Å². The number of nitrogens with one attached hydrogen (secondary N) is 2. The Morgan fingerprint density at radius 2 is 1.91 bits per heavy atom. The first-order valence-corrected chi connectivity index (χ1v) is 11.2. The summed E-state index contributed by atoms with van der Waals surface area (Å²) in [6, 6.07) is 8.16. The second kappa shape index (κ2) is 10.5. The average molecular weight is 485 g/mol. The van der Waals surface area contributed by atoms with Gasteiger partial charge in [-0.2, -0.15) is 0 Å². The van der Waals surface area contributed by atoms with E-state index in [0.717, 1.165) is 18.7 Å². The Morgan fingerprint density at radius 3 is 2.56 bits per heavy atom. The molecule has 0 saturated carbocycles. The Labute approximate surface area is 204 Å². The van der Waals surface area contributed by atoms with Crippen molar-refractivity contribution in [2.75, 3.05) is 44.9 Å². The van der Waals surface area contributed by atoms with Crippen LogP contribution < -0.4 is 10.6 Å². The molecule has 0 bridgehead atoms. The molecule has 3 aromatic rings. The third-order valence-corrected chi connectivity index (χ3v) is 6.19. The van der Waals surface area contributed by atoms with Gasteiger partial charge in [0.05, 0.1) is 10.5 Å².